The van der Waals surface area contributed by atoms with Gasteiger partial charge in [0.1, 0.15) is 5.57 Å². The minimum atomic E-state index is -0.437. The lowest BCUT2D eigenvalue weighted by atomic mass is 10.1. The molecule has 5 nitrogen and oxygen atoms in total. The van der Waals surface area contributed by atoms with Crippen LogP contribution in [0.5, 0.6) is 0 Å². The van der Waals surface area contributed by atoms with Crippen molar-refractivity contribution in [2.75, 3.05) is 24.0 Å². The number of hydrogen-bond donors (Lipinski definition) is 1. The predicted octanol–water partition coefficient (Wildman–Crippen LogP) is 3.63. The minimum Gasteiger partial charge on any atom is -0.377 e. The highest BCUT2D eigenvalue weighted by atomic mass is 79.9. The topological polar surface area (TPSA) is 52.7 Å². The fraction of sp³-hybridized carbons (Fsp3) is 0.111. The summed E-state index contributed by atoms with van der Waals surface area (Å²) in [6.07, 6.45) is 1.58. The molecule has 2 aromatic rings. The highest BCUT2D eigenvalue weighted by Gasteiger charge is 2.34. The van der Waals surface area contributed by atoms with E-state index in [0.29, 0.717) is 10.7 Å². The van der Waals surface area contributed by atoms with Crippen molar-refractivity contribution >= 4 is 56.8 Å². The highest BCUT2D eigenvalue weighted by Crippen LogP contribution is 2.28. The van der Waals surface area contributed by atoms with E-state index in [1.807, 2.05) is 37.2 Å². The summed E-state index contributed by atoms with van der Waals surface area (Å²) in [6, 6.07) is 12.3. The molecule has 3 rings (SSSR count). The molecule has 0 radical (unpaired) electrons. The molecule has 1 N–H and O–H groups in total. The molecule has 1 saturated heterocycles. The average Bonchev–Trinajstić information content (AvgIpc) is 2.83. The summed E-state index contributed by atoms with van der Waals surface area (Å²) >= 11 is 9.36. The maximum absolute atomic E-state index is 12.6. The van der Waals surface area contributed by atoms with Gasteiger partial charge in [-0.25, -0.2) is 5.01 Å². The van der Waals surface area contributed by atoms with Gasteiger partial charge in [0.05, 0.1) is 11.4 Å². The largest absolute Gasteiger partial charge is 0.377 e. The lowest BCUT2D eigenvalue weighted by Crippen LogP contribution is -2.35. The molecule has 0 atom stereocenters. The third-order valence-electron chi connectivity index (χ3n) is 3.74. The summed E-state index contributed by atoms with van der Waals surface area (Å²) in [6.45, 7) is 0. The van der Waals surface area contributed by atoms with E-state index in [9.17, 15) is 9.59 Å². The molecule has 0 saturated carbocycles. The Labute approximate surface area is 159 Å². The van der Waals surface area contributed by atoms with Gasteiger partial charge in [-0.15, -0.1) is 0 Å². The molecule has 0 aliphatic carbocycles. The van der Waals surface area contributed by atoms with Gasteiger partial charge in [-0.3, -0.25) is 15.0 Å². The van der Waals surface area contributed by atoms with Gasteiger partial charge < -0.3 is 4.90 Å². The van der Waals surface area contributed by atoms with Gasteiger partial charge in [0.2, 0.25) is 0 Å². The number of hydrazine groups is 1. The predicted molar refractivity (Wildman–Crippen MR) is 104 cm³/mol. The fourth-order valence-electron chi connectivity index (χ4n) is 2.47. The molecule has 0 spiro atoms. The van der Waals surface area contributed by atoms with Crippen LogP contribution in [0.15, 0.2) is 52.5 Å². The lowest BCUT2D eigenvalue weighted by molar-refractivity contribution is -0.117. The van der Waals surface area contributed by atoms with Crippen molar-refractivity contribution in [2.45, 2.75) is 0 Å². The zero-order valence-electron chi connectivity index (χ0n) is 13.6. The Bertz CT molecular complexity index is 878. The number of amides is 2. The van der Waals surface area contributed by atoms with Crippen molar-refractivity contribution in [3.8, 4) is 0 Å². The second kappa shape index (κ2) is 6.90. The summed E-state index contributed by atoms with van der Waals surface area (Å²) in [5, 5.41) is 1.77. The first-order valence-electron chi connectivity index (χ1n) is 7.46. The first kappa shape index (κ1) is 17.5. The molecule has 2 amide bonds. The molecule has 1 aliphatic heterocycles. The first-order chi connectivity index (χ1) is 11.9. The lowest BCUT2D eigenvalue weighted by Gasteiger charge is -2.15. The Morgan fingerprint density at radius 1 is 1.12 bits per heavy atom. The number of carbonyl (C=O) groups is 2. The molecule has 0 unspecified atom stereocenters. The van der Waals surface area contributed by atoms with Gasteiger partial charge in [0.15, 0.2) is 0 Å². The van der Waals surface area contributed by atoms with Crippen LogP contribution in [0.25, 0.3) is 6.08 Å². The molecule has 128 valence electrons. The minimum absolute atomic E-state index is 0.0828. The van der Waals surface area contributed by atoms with Crippen molar-refractivity contribution in [1.29, 1.82) is 0 Å². The van der Waals surface area contributed by atoms with Crippen LogP contribution >= 0.6 is 27.5 Å². The van der Waals surface area contributed by atoms with E-state index in [4.69, 9.17) is 11.6 Å². The van der Waals surface area contributed by atoms with E-state index >= 15 is 0 Å². The third-order valence-corrected chi connectivity index (χ3v) is 4.63. The molecule has 2 aromatic carbocycles. The van der Waals surface area contributed by atoms with Crippen LogP contribution < -0.4 is 15.3 Å². The fourth-order valence-corrected chi connectivity index (χ4v) is 3.35. The Morgan fingerprint density at radius 2 is 1.80 bits per heavy atom. The number of anilines is 2. The Hall–Kier alpha value is -2.31. The Kier molecular flexibility index (Phi) is 4.83. The average molecular weight is 421 g/mol. The summed E-state index contributed by atoms with van der Waals surface area (Å²) in [4.78, 5) is 26.8. The monoisotopic (exact) mass is 419 g/mol. The van der Waals surface area contributed by atoms with Gasteiger partial charge in [0, 0.05) is 23.6 Å². The van der Waals surface area contributed by atoms with Gasteiger partial charge in [-0.1, -0.05) is 17.7 Å². The van der Waals surface area contributed by atoms with Crippen molar-refractivity contribution in [1.82, 2.24) is 5.43 Å². The summed E-state index contributed by atoms with van der Waals surface area (Å²) in [5.41, 5.74) is 4.97. The maximum Gasteiger partial charge on any atom is 0.282 e. The van der Waals surface area contributed by atoms with Crippen LogP contribution in [0, 0.1) is 0 Å². The van der Waals surface area contributed by atoms with E-state index in [-0.39, 0.29) is 5.57 Å². The number of nitrogens with zero attached hydrogens (tertiary/aromatic N) is 2. The van der Waals surface area contributed by atoms with Crippen LogP contribution in [0.1, 0.15) is 5.56 Å². The molecule has 1 heterocycles. The van der Waals surface area contributed by atoms with E-state index in [1.54, 1.807) is 30.3 Å². The maximum atomic E-state index is 12.6. The summed E-state index contributed by atoms with van der Waals surface area (Å²) in [7, 11) is 3.88. The number of rotatable bonds is 3. The highest BCUT2D eigenvalue weighted by molar-refractivity contribution is 9.10. The van der Waals surface area contributed by atoms with Crippen molar-refractivity contribution in [3.05, 3.63) is 63.1 Å². The second-order valence-corrected chi connectivity index (χ2v) is 7.01. The van der Waals surface area contributed by atoms with Crippen molar-refractivity contribution in [2.24, 2.45) is 0 Å². The van der Waals surface area contributed by atoms with Crippen LogP contribution in [-0.2, 0) is 9.59 Å². The van der Waals surface area contributed by atoms with E-state index in [1.165, 1.54) is 5.01 Å². The van der Waals surface area contributed by atoms with Crippen LogP contribution in [0.3, 0.4) is 0 Å². The van der Waals surface area contributed by atoms with Gasteiger partial charge in [-0.2, -0.15) is 0 Å². The Morgan fingerprint density at radius 3 is 2.40 bits per heavy atom. The number of carbonyl (C=O) groups excluding carboxylic acids is 2. The molecule has 7 heteroatoms. The van der Waals surface area contributed by atoms with Crippen LogP contribution in [-0.4, -0.2) is 25.9 Å². The van der Waals surface area contributed by atoms with E-state index in [0.717, 1.165) is 15.7 Å². The normalized spacial score (nSPS) is 15.7. The second-order valence-electron chi connectivity index (χ2n) is 5.72. The quantitative estimate of drug-likeness (QED) is 0.609. The van der Waals surface area contributed by atoms with Gasteiger partial charge >= 0.3 is 0 Å². The van der Waals surface area contributed by atoms with Gasteiger partial charge in [-0.05, 0) is 64.0 Å². The molecular formula is C18H15BrClN3O2. The third kappa shape index (κ3) is 3.55. The summed E-state index contributed by atoms with van der Waals surface area (Å²) in [5.74, 6) is -0.840. The zero-order chi connectivity index (χ0) is 18.1. The molecule has 1 fully saturated rings. The summed E-state index contributed by atoms with van der Waals surface area (Å²) < 4.78 is 0.882. The molecule has 25 heavy (non-hydrogen) atoms. The first-order valence-corrected chi connectivity index (χ1v) is 8.63. The number of nitrogens with one attached hydrogen (secondary N) is 1. The van der Waals surface area contributed by atoms with Crippen LogP contribution in [0.4, 0.5) is 11.4 Å². The van der Waals surface area contributed by atoms with Gasteiger partial charge in [0.25, 0.3) is 11.8 Å². The zero-order valence-corrected chi connectivity index (χ0v) is 15.9. The van der Waals surface area contributed by atoms with E-state index < -0.39 is 11.8 Å². The number of benzene rings is 2. The molecule has 0 bridgehead atoms. The Balaban J connectivity index is 1.91. The number of halogens is 2. The van der Waals surface area contributed by atoms with E-state index in [2.05, 4.69) is 21.4 Å². The van der Waals surface area contributed by atoms with Crippen LogP contribution in [0.2, 0.25) is 5.02 Å². The van der Waals surface area contributed by atoms with Crippen molar-refractivity contribution in [3.63, 3.8) is 0 Å². The van der Waals surface area contributed by atoms with Crippen molar-refractivity contribution < 1.29 is 9.59 Å². The SMILES string of the molecule is CN(C)c1ccc(C=C2C(=O)NN(c3ccc(Cl)cc3)C2=O)cc1Br. The standard InChI is InChI=1S/C18H15BrClN3O2/c1-22(2)16-8-3-11(10-15(16)19)9-14-17(24)21-23(18(14)25)13-6-4-12(20)5-7-13/h3-10H,1-2H3,(H,21,24). The number of hydrogen-bond acceptors (Lipinski definition) is 3. The molecule has 1 aliphatic rings. The smallest absolute Gasteiger partial charge is 0.282 e. The molecular weight excluding hydrogens is 406 g/mol. The molecule has 0 aromatic heterocycles.